The first kappa shape index (κ1) is 14.9. The Morgan fingerprint density at radius 3 is 2.86 bits per heavy atom. The maximum Gasteiger partial charge on any atom is 0.317 e. The number of rotatable bonds is 3. The van der Waals surface area contributed by atoms with Crippen molar-refractivity contribution < 1.29 is 9.53 Å². The van der Waals surface area contributed by atoms with Gasteiger partial charge in [-0.25, -0.2) is 14.8 Å². The summed E-state index contributed by atoms with van der Waals surface area (Å²) in [6, 6.07) is 1.86. The van der Waals surface area contributed by atoms with E-state index in [2.05, 4.69) is 20.2 Å². The van der Waals surface area contributed by atoms with Crippen LogP contribution in [0.15, 0.2) is 12.4 Å². The first-order chi connectivity index (χ1) is 10.8. The molecule has 7 nitrogen and oxygen atoms in total. The van der Waals surface area contributed by atoms with Gasteiger partial charge in [-0.2, -0.15) is 0 Å². The Morgan fingerprint density at radius 1 is 1.27 bits per heavy atom. The van der Waals surface area contributed by atoms with Crippen LogP contribution in [0.2, 0.25) is 0 Å². The van der Waals surface area contributed by atoms with Crippen LogP contribution in [0.5, 0.6) is 5.88 Å². The molecule has 2 aliphatic heterocycles. The van der Waals surface area contributed by atoms with Gasteiger partial charge in [0, 0.05) is 39.2 Å². The van der Waals surface area contributed by atoms with Gasteiger partial charge in [0.05, 0.1) is 6.54 Å². The Hall–Kier alpha value is -2.05. The predicted octanol–water partition coefficient (Wildman–Crippen LogP) is 1.26. The van der Waals surface area contributed by atoms with Crippen molar-refractivity contribution in [2.45, 2.75) is 31.8 Å². The monoisotopic (exact) mass is 305 g/mol. The highest BCUT2D eigenvalue weighted by atomic mass is 16.5. The molecule has 120 valence electrons. The van der Waals surface area contributed by atoms with Crippen molar-refractivity contribution in [2.24, 2.45) is 0 Å². The van der Waals surface area contributed by atoms with E-state index in [-0.39, 0.29) is 12.1 Å². The summed E-state index contributed by atoms with van der Waals surface area (Å²) in [7, 11) is 1.64. The summed E-state index contributed by atoms with van der Waals surface area (Å²) >= 11 is 0. The lowest BCUT2D eigenvalue weighted by atomic mass is 10.1. The van der Waals surface area contributed by atoms with Crippen LogP contribution >= 0.6 is 0 Å². The molecule has 2 aliphatic rings. The number of piperidine rings is 1. The Kier molecular flexibility index (Phi) is 4.60. The van der Waals surface area contributed by atoms with Crippen LogP contribution in [0.25, 0.3) is 0 Å². The second-order valence-corrected chi connectivity index (χ2v) is 5.79. The number of ether oxygens (including phenoxy) is 1. The molecule has 22 heavy (non-hydrogen) atoms. The highest BCUT2D eigenvalue weighted by molar-refractivity contribution is 5.74. The highest BCUT2D eigenvalue weighted by Crippen LogP contribution is 2.22. The minimum absolute atomic E-state index is 0.00130. The molecule has 1 aromatic rings. The number of hydrogen-bond acceptors (Lipinski definition) is 5. The van der Waals surface area contributed by atoms with Crippen molar-refractivity contribution in [1.29, 1.82) is 0 Å². The molecular formula is C15H23N5O2. The zero-order valence-electron chi connectivity index (χ0n) is 13.0. The molecule has 0 aliphatic carbocycles. The van der Waals surface area contributed by atoms with Crippen molar-refractivity contribution in [3.05, 3.63) is 12.4 Å². The molecule has 1 unspecified atom stereocenters. The zero-order chi connectivity index (χ0) is 15.4. The second kappa shape index (κ2) is 6.81. The van der Waals surface area contributed by atoms with E-state index in [4.69, 9.17) is 4.74 Å². The number of carbonyl (C=O) groups excluding carboxylic acids is 1. The predicted molar refractivity (Wildman–Crippen MR) is 83.2 cm³/mol. The Labute approximate surface area is 130 Å². The van der Waals surface area contributed by atoms with Crippen molar-refractivity contribution in [2.75, 3.05) is 38.1 Å². The van der Waals surface area contributed by atoms with Gasteiger partial charge in [-0.15, -0.1) is 0 Å². The maximum absolute atomic E-state index is 11.6. The fourth-order valence-electron chi connectivity index (χ4n) is 3.03. The van der Waals surface area contributed by atoms with Gasteiger partial charge in [-0.05, 0) is 19.3 Å². The van der Waals surface area contributed by atoms with Crippen LogP contribution in [-0.4, -0.2) is 60.2 Å². The number of nitrogens with zero attached hydrogens (tertiary/aromatic N) is 4. The summed E-state index contributed by atoms with van der Waals surface area (Å²) in [5.41, 5.74) is 0. The molecule has 3 rings (SSSR count). The Balaban J connectivity index is 1.60. The molecule has 2 fully saturated rings. The van der Waals surface area contributed by atoms with Gasteiger partial charge >= 0.3 is 6.03 Å². The third-order valence-corrected chi connectivity index (χ3v) is 4.24. The second-order valence-electron chi connectivity index (χ2n) is 5.79. The first-order valence-corrected chi connectivity index (χ1v) is 7.96. The van der Waals surface area contributed by atoms with Crippen molar-refractivity contribution in [3.8, 4) is 5.88 Å². The van der Waals surface area contributed by atoms with E-state index in [0.29, 0.717) is 19.0 Å². The molecule has 1 aromatic heterocycles. The number of aromatic nitrogens is 2. The summed E-state index contributed by atoms with van der Waals surface area (Å²) in [6.45, 7) is 3.41. The average Bonchev–Trinajstić information content (AvgIpc) is 3.04. The molecule has 7 heteroatoms. The van der Waals surface area contributed by atoms with Crippen molar-refractivity contribution in [3.63, 3.8) is 0 Å². The third kappa shape index (κ3) is 3.40. The topological polar surface area (TPSA) is 70.6 Å². The lowest BCUT2D eigenvalue weighted by Crippen LogP contribution is -2.37. The van der Waals surface area contributed by atoms with Crippen LogP contribution in [-0.2, 0) is 0 Å². The smallest absolute Gasteiger partial charge is 0.317 e. The molecule has 0 radical (unpaired) electrons. The first-order valence-electron chi connectivity index (χ1n) is 7.96. The van der Waals surface area contributed by atoms with E-state index in [1.165, 1.54) is 19.3 Å². The molecule has 0 bridgehead atoms. The Morgan fingerprint density at radius 2 is 2.09 bits per heavy atom. The van der Waals surface area contributed by atoms with Crippen molar-refractivity contribution >= 4 is 11.8 Å². The largest absolute Gasteiger partial charge is 0.472 e. The summed E-state index contributed by atoms with van der Waals surface area (Å²) in [6.07, 6.45) is 6.11. The number of nitrogens with one attached hydrogen (secondary N) is 1. The average molecular weight is 305 g/mol. The molecule has 0 saturated carbocycles. The molecule has 3 heterocycles. The van der Waals surface area contributed by atoms with E-state index in [1.54, 1.807) is 18.3 Å². The van der Waals surface area contributed by atoms with E-state index in [0.717, 1.165) is 25.3 Å². The van der Waals surface area contributed by atoms with E-state index >= 15 is 0 Å². The van der Waals surface area contributed by atoms with E-state index in [9.17, 15) is 4.79 Å². The molecular weight excluding hydrogens is 282 g/mol. The number of hydrogen-bond donors (Lipinski definition) is 1. The normalized spacial score (nSPS) is 21.8. The van der Waals surface area contributed by atoms with Crippen LogP contribution in [0.3, 0.4) is 0 Å². The number of likely N-dealkylation sites (tertiary alicyclic amines) is 1. The standard InChI is InChI=1S/C15H23N5O2/c1-16-15(21)20-8-5-12(10-20)22-14-9-13(17-11-18-14)19-6-3-2-4-7-19/h9,11-12H,2-8,10H2,1H3,(H,16,21). The third-order valence-electron chi connectivity index (χ3n) is 4.24. The molecule has 1 N–H and O–H groups in total. The van der Waals surface area contributed by atoms with Gasteiger partial charge in [-0.3, -0.25) is 0 Å². The van der Waals surface area contributed by atoms with Crippen LogP contribution in [0.4, 0.5) is 10.6 Å². The fourth-order valence-corrected chi connectivity index (χ4v) is 3.03. The minimum atomic E-state index is -0.0530. The number of anilines is 1. The molecule has 1 atom stereocenters. The zero-order valence-corrected chi connectivity index (χ0v) is 13.0. The summed E-state index contributed by atoms with van der Waals surface area (Å²) in [5.74, 6) is 1.53. The highest BCUT2D eigenvalue weighted by Gasteiger charge is 2.27. The van der Waals surface area contributed by atoms with Gasteiger partial charge in [0.25, 0.3) is 0 Å². The molecule has 0 spiro atoms. The number of carbonyl (C=O) groups is 1. The molecule has 2 amide bonds. The minimum Gasteiger partial charge on any atom is -0.472 e. The summed E-state index contributed by atoms with van der Waals surface area (Å²) in [4.78, 5) is 24.2. The quantitative estimate of drug-likeness (QED) is 0.910. The van der Waals surface area contributed by atoms with Gasteiger partial charge in [0.1, 0.15) is 18.2 Å². The lowest BCUT2D eigenvalue weighted by molar-refractivity contribution is 0.184. The van der Waals surface area contributed by atoms with Gasteiger partial charge < -0.3 is 19.9 Å². The van der Waals surface area contributed by atoms with Crippen molar-refractivity contribution in [1.82, 2.24) is 20.2 Å². The van der Waals surface area contributed by atoms with Crippen LogP contribution < -0.4 is 15.0 Å². The SMILES string of the molecule is CNC(=O)N1CCC(Oc2cc(N3CCCCC3)ncn2)C1. The Bertz CT molecular complexity index is 518. The molecule has 2 saturated heterocycles. The summed E-state index contributed by atoms with van der Waals surface area (Å²) < 4.78 is 5.93. The number of urea groups is 1. The van der Waals surface area contributed by atoms with E-state index < -0.39 is 0 Å². The van der Waals surface area contributed by atoms with Gasteiger partial charge in [-0.1, -0.05) is 0 Å². The molecule has 0 aromatic carbocycles. The van der Waals surface area contributed by atoms with Crippen LogP contribution in [0, 0.1) is 0 Å². The van der Waals surface area contributed by atoms with Gasteiger partial charge in [0.2, 0.25) is 5.88 Å². The maximum atomic E-state index is 11.6. The lowest BCUT2D eigenvalue weighted by Gasteiger charge is -2.27. The van der Waals surface area contributed by atoms with Crippen LogP contribution in [0.1, 0.15) is 25.7 Å². The van der Waals surface area contributed by atoms with E-state index in [1.807, 2.05) is 6.07 Å². The fraction of sp³-hybridized carbons (Fsp3) is 0.667. The number of amides is 2. The van der Waals surface area contributed by atoms with Gasteiger partial charge in [0.15, 0.2) is 0 Å². The summed E-state index contributed by atoms with van der Waals surface area (Å²) in [5, 5.41) is 2.64.